The molecule has 23 heavy (non-hydrogen) atoms. The molecule has 6 heteroatoms. The number of hydrogen-bond acceptors (Lipinski definition) is 4. The summed E-state index contributed by atoms with van der Waals surface area (Å²) in [5.74, 6) is -0.133. The van der Waals surface area contributed by atoms with Crippen molar-refractivity contribution in [1.82, 2.24) is 4.31 Å². The number of allylic oxidation sites excluding steroid dienone is 1. The minimum atomic E-state index is -3.42. The molecule has 0 amide bonds. The summed E-state index contributed by atoms with van der Waals surface area (Å²) < 4.78 is 31.5. The maximum Gasteiger partial charge on any atom is 0.330 e. The summed E-state index contributed by atoms with van der Waals surface area (Å²) in [5.41, 5.74) is 1.03. The van der Waals surface area contributed by atoms with Crippen molar-refractivity contribution in [1.29, 1.82) is 0 Å². The van der Waals surface area contributed by atoms with Crippen LogP contribution in [0.3, 0.4) is 0 Å². The minimum Gasteiger partial charge on any atom is -0.463 e. The molecule has 0 saturated carbocycles. The van der Waals surface area contributed by atoms with E-state index in [-0.39, 0.29) is 11.9 Å². The minimum absolute atomic E-state index is 0.212. The SMILES string of the molecule is CCOC(=O)/C=C/C1CCN(S(=O)(=O)c2ccc(C)cc2)CC1. The Balaban J connectivity index is 1.96. The highest BCUT2D eigenvalue weighted by molar-refractivity contribution is 7.89. The van der Waals surface area contributed by atoms with Crippen LogP contribution in [-0.2, 0) is 19.6 Å². The molecule has 0 N–H and O–H groups in total. The first-order chi connectivity index (χ1) is 10.9. The van der Waals surface area contributed by atoms with Crippen LogP contribution in [0, 0.1) is 12.8 Å². The molecule has 0 unspecified atom stereocenters. The number of carbonyl (C=O) groups is 1. The lowest BCUT2D eigenvalue weighted by Crippen LogP contribution is -2.38. The Labute approximate surface area is 138 Å². The number of hydrogen-bond donors (Lipinski definition) is 0. The molecule has 0 aromatic heterocycles. The molecule has 0 spiro atoms. The molecule has 1 aromatic carbocycles. The van der Waals surface area contributed by atoms with Crippen molar-refractivity contribution < 1.29 is 17.9 Å². The summed E-state index contributed by atoms with van der Waals surface area (Å²) in [7, 11) is -3.42. The lowest BCUT2D eigenvalue weighted by atomic mass is 9.98. The number of rotatable bonds is 5. The Kier molecular flexibility index (Phi) is 5.96. The molecule has 1 fully saturated rings. The summed E-state index contributed by atoms with van der Waals surface area (Å²) in [6.45, 7) is 4.98. The van der Waals surface area contributed by atoms with E-state index in [2.05, 4.69) is 0 Å². The number of piperidine rings is 1. The van der Waals surface area contributed by atoms with Crippen LogP contribution in [0.25, 0.3) is 0 Å². The first-order valence-corrected chi connectivity index (χ1v) is 9.29. The van der Waals surface area contributed by atoms with Gasteiger partial charge in [0.2, 0.25) is 10.0 Å². The van der Waals surface area contributed by atoms with Crippen molar-refractivity contribution in [2.75, 3.05) is 19.7 Å². The van der Waals surface area contributed by atoms with Gasteiger partial charge in [0.05, 0.1) is 11.5 Å². The average molecular weight is 337 g/mol. The summed E-state index contributed by atoms with van der Waals surface area (Å²) >= 11 is 0. The Morgan fingerprint density at radius 1 is 1.26 bits per heavy atom. The van der Waals surface area contributed by atoms with Gasteiger partial charge < -0.3 is 4.74 Å². The highest BCUT2D eigenvalue weighted by Gasteiger charge is 2.28. The Hall–Kier alpha value is -1.66. The number of esters is 1. The number of aryl methyl sites for hydroxylation is 1. The second-order valence-electron chi connectivity index (χ2n) is 5.67. The van der Waals surface area contributed by atoms with E-state index in [1.54, 1.807) is 19.1 Å². The summed E-state index contributed by atoms with van der Waals surface area (Å²) in [5, 5.41) is 0. The second-order valence-corrected chi connectivity index (χ2v) is 7.60. The van der Waals surface area contributed by atoms with Crippen LogP contribution in [0.5, 0.6) is 0 Å². The fraction of sp³-hybridized carbons (Fsp3) is 0.471. The Morgan fingerprint density at radius 2 is 1.87 bits per heavy atom. The first kappa shape index (κ1) is 17.7. The molecule has 0 bridgehead atoms. The predicted molar refractivity (Wildman–Crippen MR) is 88.4 cm³/mol. The maximum absolute atomic E-state index is 12.6. The van der Waals surface area contributed by atoms with Crippen molar-refractivity contribution in [2.24, 2.45) is 5.92 Å². The van der Waals surface area contributed by atoms with Gasteiger partial charge in [-0.15, -0.1) is 0 Å². The average Bonchev–Trinajstić information content (AvgIpc) is 2.54. The summed E-state index contributed by atoms with van der Waals surface area (Å²) in [4.78, 5) is 11.6. The van der Waals surface area contributed by atoms with E-state index in [4.69, 9.17) is 4.74 Å². The third kappa shape index (κ3) is 4.65. The quantitative estimate of drug-likeness (QED) is 0.612. The van der Waals surface area contributed by atoms with Gasteiger partial charge in [0.1, 0.15) is 0 Å². The lowest BCUT2D eigenvalue weighted by molar-refractivity contribution is -0.137. The van der Waals surface area contributed by atoms with Crippen molar-refractivity contribution in [3.8, 4) is 0 Å². The van der Waals surface area contributed by atoms with Crippen LogP contribution in [0.2, 0.25) is 0 Å². The number of nitrogens with zero attached hydrogens (tertiary/aromatic N) is 1. The van der Waals surface area contributed by atoms with Crippen LogP contribution in [0.1, 0.15) is 25.3 Å². The van der Waals surface area contributed by atoms with Gasteiger partial charge in [-0.2, -0.15) is 4.31 Å². The molecule has 1 aliphatic rings. The van der Waals surface area contributed by atoms with E-state index in [1.807, 2.05) is 25.1 Å². The van der Waals surface area contributed by atoms with Crippen molar-refractivity contribution in [2.45, 2.75) is 31.6 Å². The lowest BCUT2D eigenvalue weighted by Gasteiger charge is -2.29. The Bertz CT molecular complexity index is 656. The van der Waals surface area contributed by atoms with Crippen molar-refractivity contribution in [3.05, 3.63) is 42.0 Å². The summed E-state index contributed by atoms with van der Waals surface area (Å²) in [6.07, 6.45) is 4.69. The van der Waals surface area contributed by atoms with Gasteiger partial charge in [-0.05, 0) is 44.7 Å². The molecule has 126 valence electrons. The van der Waals surface area contributed by atoms with Gasteiger partial charge in [0.15, 0.2) is 0 Å². The van der Waals surface area contributed by atoms with Gasteiger partial charge in [-0.1, -0.05) is 23.8 Å². The van der Waals surface area contributed by atoms with Gasteiger partial charge in [0, 0.05) is 19.2 Å². The summed E-state index contributed by atoms with van der Waals surface area (Å²) in [6, 6.07) is 6.91. The van der Waals surface area contributed by atoms with Crippen LogP contribution < -0.4 is 0 Å². The standard InChI is InChI=1S/C17H23NO4S/c1-3-22-17(19)9-6-15-10-12-18(13-11-15)23(20,21)16-7-4-14(2)5-8-16/h4-9,15H,3,10-13H2,1-2H3/b9-6+. The smallest absolute Gasteiger partial charge is 0.330 e. The van der Waals surface area contributed by atoms with E-state index in [0.717, 1.165) is 5.56 Å². The topological polar surface area (TPSA) is 63.7 Å². The monoisotopic (exact) mass is 337 g/mol. The van der Waals surface area contributed by atoms with Gasteiger partial charge in [-0.3, -0.25) is 0 Å². The molecule has 1 saturated heterocycles. The van der Waals surface area contributed by atoms with E-state index >= 15 is 0 Å². The zero-order chi connectivity index (χ0) is 16.9. The highest BCUT2D eigenvalue weighted by atomic mass is 32.2. The molecule has 1 aromatic rings. The van der Waals surface area contributed by atoms with E-state index in [9.17, 15) is 13.2 Å². The second kappa shape index (κ2) is 7.75. The first-order valence-electron chi connectivity index (χ1n) is 7.85. The third-order valence-electron chi connectivity index (χ3n) is 3.95. The number of benzene rings is 1. The fourth-order valence-electron chi connectivity index (χ4n) is 2.57. The number of carbonyl (C=O) groups excluding carboxylic acids is 1. The predicted octanol–water partition coefficient (Wildman–Crippen LogP) is 2.52. The van der Waals surface area contributed by atoms with Gasteiger partial charge in [-0.25, -0.2) is 13.2 Å². The van der Waals surface area contributed by atoms with Crippen molar-refractivity contribution >= 4 is 16.0 Å². The zero-order valence-electron chi connectivity index (χ0n) is 13.6. The molecule has 0 atom stereocenters. The molecule has 1 heterocycles. The van der Waals surface area contributed by atoms with Crippen molar-refractivity contribution in [3.63, 3.8) is 0 Å². The molecular formula is C17H23NO4S. The van der Waals surface area contributed by atoms with Gasteiger partial charge in [0.25, 0.3) is 0 Å². The Morgan fingerprint density at radius 3 is 2.43 bits per heavy atom. The van der Waals surface area contributed by atoms with Crippen LogP contribution >= 0.6 is 0 Å². The number of ether oxygens (including phenoxy) is 1. The normalized spacial score (nSPS) is 17.5. The van der Waals surface area contributed by atoms with E-state index in [1.165, 1.54) is 10.4 Å². The van der Waals surface area contributed by atoms with E-state index < -0.39 is 10.0 Å². The third-order valence-corrected chi connectivity index (χ3v) is 5.86. The molecule has 0 radical (unpaired) electrons. The fourth-order valence-corrected chi connectivity index (χ4v) is 4.04. The zero-order valence-corrected chi connectivity index (χ0v) is 14.4. The molecular weight excluding hydrogens is 314 g/mol. The maximum atomic E-state index is 12.6. The molecule has 0 aliphatic carbocycles. The van der Waals surface area contributed by atoms with Gasteiger partial charge >= 0.3 is 5.97 Å². The van der Waals surface area contributed by atoms with Crippen LogP contribution in [0.15, 0.2) is 41.3 Å². The molecule has 1 aliphatic heterocycles. The largest absolute Gasteiger partial charge is 0.463 e. The van der Waals surface area contributed by atoms with Crippen LogP contribution in [0.4, 0.5) is 0 Å². The molecule has 5 nitrogen and oxygen atoms in total. The number of sulfonamides is 1. The van der Waals surface area contributed by atoms with E-state index in [0.29, 0.717) is 37.4 Å². The molecule has 2 rings (SSSR count). The van der Waals surface area contributed by atoms with Crippen LogP contribution in [-0.4, -0.2) is 38.4 Å². The highest BCUT2D eigenvalue weighted by Crippen LogP contribution is 2.24.